The maximum Gasteiger partial charge on any atom is 0.185 e. The molecular formula is C27H32O5. The Morgan fingerprint density at radius 2 is 1.22 bits per heavy atom. The van der Waals surface area contributed by atoms with E-state index < -0.39 is 0 Å². The van der Waals surface area contributed by atoms with Crippen molar-refractivity contribution in [1.29, 1.82) is 0 Å². The molecule has 0 spiro atoms. The number of ketones is 1. The van der Waals surface area contributed by atoms with E-state index in [4.69, 9.17) is 18.9 Å². The summed E-state index contributed by atoms with van der Waals surface area (Å²) in [6.07, 6.45) is 5.42. The molecule has 0 radical (unpaired) electrons. The molecule has 170 valence electrons. The van der Waals surface area contributed by atoms with E-state index in [9.17, 15) is 4.79 Å². The van der Waals surface area contributed by atoms with Crippen molar-refractivity contribution in [3.8, 4) is 23.0 Å². The van der Waals surface area contributed by atoms with Crippen molar-refractivity contribution in [1.82, 2.24) is 0 Å². The van der Waals surface area contributed by atoms with Crippen LogP contribution in [0.1, 0.15) is 44.7 Å². The summed E-state index contributed by atoms with van der Waals surface area (Å²) < 4.78 is 22.1. The minimum atomic E-state index is 0.0869. The molecule has 3 rings (SSSR count). The summed E-state index contributed by atoms with van der Waals surface area (Å²) in [4.78, 5) is 13.3. The molecule has 0 aliphatic heterocycles. The van der Waals surface area contributed by atoms with Gasteiger partial charge in [0, 0.05) is 11.1 Å². The van der Waals surface area contributed by atoms with Crippen LogP contribution in [0.15, 0.2) is 47.5 Å². The molecular weight excluding hydrogens is 404 g/mol. The highest BCUT2D eigenvalue weighted by Crippen LogP contribution is 2.35. The van der Waals surface area contributed by atoms with Crippen molar-refractivity contribution in [3.63, 3.8) is 0 Å². The van der Waals surface area contributed by atoms with Crippen LogP contribution in [0, 0.1) is 5.92 Å². The monoisotopic (exact) mass is 436 g/mol. The Hall–Kier alpha value is -3.21. The molecule has 1 saturated carbocycles. The highest BCUT2D eigenvalue weighted by Gasteiger charge is 2.25. The fourth-order valence-corrected chi connectivity index (χ4v) is 3.96. The Morgan fingerprint density at radius 3 is 1.59 bits per heavy atom. The van der Waals surface area contributed by atoms with Crippen LogP contribution in [0.5, 0.6) is 23.0 Å². The standard InChI is InChI=1S/C27H32O5/c1-6-31-23-10-8-19(16-25(23)29-4)14-21-12-18(3)13-22(27(21)28)15-20-9-11-24(32-7-2)26(17-20)30-5/h8-11,14-18H,6-7,12-13H2,1-5H3/b21-14-,22-15+. The average Bonchev–Trinajstić information content (AvgIpc) is 2.79. The van der Waals surface area contributed by atoms with Gasteiger partial charge in [-0.1, -0.05) is 19.1 Å². The number of Topliss-reactive ketones (excluding diaryl/α,β-unsaturated/α-hetero) is 1. The van der Waals surface area contributed by atoms with Gasteiger partial charge in [0.15, 0.2) is 28.8 Å². The molecule has 1 unspecified atom stereocenters. The number of methoxy groups -OCH3 is 2. The Balaban J connectivity index is 1.91. The number of hydrogen-bond donors (Lipinski definition) is 0. The lowest BCUT2D eigenvalue weighted by atomic mass is 9.81. The molecule has 1 aliphatic rings. The van der Waals surface area contributed by atoms with Crippen molar-refractivity contribution >= 4 is 17.9 Å². The smallest absolute Gasteiger partial charge is 0.185 e. The molecule has 0 heterocycles. The molecule has 1 aliphatic carbocycles. The number of carbonyl (C=O) groups excluding carboxylic acids is 1. The van der Waals surface area contributed by atoms with Crippen LogP contribution in [0.4, 0.5) is 0 Å². The van der Waals surface area contributed by atoms with E-state index in [1.54, 1.807) is 14.2 Å². The van der Waals surface area contributed by atoms with E-state index in [0.29, 0.717) is 42.1 Å². The number of ether oxygens (including phenoxy) is 4. The van der Waals surface area contributed by atoms with Crippen LogP contribution in [0.3, 0.4) is 0 Å². The Bertz CT molecular complexity index is 939. The van der Waals surface area contributed by atoms with Gasteiger partial charge in [0.05, 0.1) is 27.4 Å². The van der Waals surface area contributed by atoms with Gasteiger partial charge in [-0.05, 0) is 80.2 Å². The summed E-state index contributed by atoms with van der Waals surface area (Å²) in [7, 11) is 3.24. The molecule has 2 aromatic rings. The fraction of sp³-hybridized carbons (Fsp3) is 0.370. The molecule has 1 fully saturated rings. The average molecular weight is 437 g/mol. The minimum absolute atomic E-state index is 0.0869. The van der Waals surface area contributed by atoms with Gasteiger partial charge >= 0.3 is 0 Å². The topological polar surface area (TPSA) is 54.0 Å². The van der Waals surface area contributed by atoms with Crippen LogP contribution in [-0.4, -0.2) is 33.2 Å². The molecule has 0 aromatic heterocycles. The second kappa shape index (κ2) is 10.9. The molecule has 1 atom stereocenters. The number of carbonyl (C=O) groups is 1. The van der Waals surface area contributed by atoms with Crippen LogP contribution < -0.4 is 18.9 Å². The predicted molar refractivity (Wildman–Crippen MR) is 128 cm³/mol. The van der Waals surface area contributed by atoms with E-state index in [1.165, 1.54) is 0 Å². The summed E-state index contributed by atoms with van der Waals surface area (Å²) in [5, 5.41) is 0. The minimum Gasteiger partial charge on any atom is -0.493 e. The quantitative estimate of drug-likeness (QED) is 0.478. The molecule has 2 aromatic carbocycles. The summed E-state index contributed by atoms with van der Waals surface area (Å²) >= 11 is 0. The fourth-order valence-electron chi connectivity index (χ4n) is 3.96. The number of benzene rings is 2. The zero-order chi connectivity index (χ0) is 23.1. The van der Waals surface area contributed by atoms with Crippen molar-refractivity contribution < 1.29 is 23.7 Å². The molecule has 5 nitrogen and oxygen atoms in total. The summed E-state index contributed by atoms with van der Waals surface area (Å²) in [6.45, 7) is 7.18. The lowest BCUT2D eigenvalue weighted by Gasteiger charge is -2.23. The summed E-state index contributed by atoms with van der Waals surface area (Å²) in [6, 6.07) is 11.5. The number of rotatable bonds is 8. The largest absolute Gasteiger partial charge is 0.493 e. The summed E-state index contributed by atoms with van der Waals surface area (Å²) in [5.74, 6) is 3.18. The van der Waals surface area contributed by atoms with Gasteiger partial charge in [-0.15, -0.1) is 0 Å². The number of hydrogen-bond acceptors (Lipinski definition) is 5. The van der Waals surface area contributed by atoms with Crippen LogP contribution in [0.25, 0.3) is 12.2 Å². The van der Waals surface area contributed by atoms with Crippen molar-refractivity contribution in [2.24, 2.45) is 5.92 Å². The highest BCUT2D eigenvalue weighted by molar-refractivity contribution is 6.14. The van der Waals surface area contributed by atoms with E-state index in [1.807, 2.05) is 62.4 Å². The van der Waals surface area contributed by atoms with Gasteiger partial charge in [-0.3, -0.25) is 4.79 Å². The first-order valence-electron chi connectivity index (χ1n) is 11.1. The molecule has 0 bridgehead atoms. The zero-order valence-electron chi connectivity index (χ0n) is 19.6. The third-order valence-electron chi connectivity index (χ3n) is 5.38. The van der Waals surface area contributed by atoms with Crippen LogP contribution >= 0.6 is 0 Å². The lowest BCUT2D eigenvalue weighted by molar-refractivity contribution is -0.113. The zero-order valence-corrected chi connectivity index (χ0v) is 19.6. The van der Waals surface area contributed by atoms with Gasteiger partial charge in [-0.25, -0.2) is 0 Å². The molecule has 5 heteroatoms. The Labute approximate surface area is 190 Å². The van der Waals surface area contributed by atoms with E-state index in [2.05, 4.69) is 6.92 Å². The van der Waals surface area contributed by atoms with Gasteiger partial charge < -0.3 is 18.9 Å². The second-order valence-corrected chi connectivity index (χ2v) is 7.87. The van der Waals surface area contributed by atoms with Crippen LogP contribution in [0.2, 0.25) is 0 Å². The third-order valence-corrected chi connectivity index (χ3v) is 5.38. The first kappa shape index (κ1) is 23.5. The third kappa shape index (κ3) is 5.52. The lowest BCUT2D eigenvalue weighted by Crippen LogP contribution is -2.18. The first-order chi connectivity index (χ1) is 15.5. The van der Waals surface area contributed by atoms with Crippen LogP contribution in [-0.2, 0) is 4.79 Å². The molecule has 0 N–H and O–H groups in total. The van der Waals surface area contributed by atoms with Gasteiger partial charge in [0.2, 0.25) is 0 Å². The Kier molecular flexibility index (Phi) is 7.98. The second-order valence-electron chi connectivity index (χ2n) is 7.87. The van der Waals surface area contributed by atoms with E-state index >= 15 is 0 Å². The van der Waals surface area contributed by atoms with Gasteiger partial charge in [-0.2, -0.15) is 0 Å². The maximum atomic E-state index is 13.3. The number of allylic oxidation sites excluding steroid dienone is 2. The van der Waals surface area contributed by atoms with Gasteiger partial charge in [0.1, 0.15) is 0 Å². The Morgan fingerprint density at radius 1 is 0.781 bits per heavy atom. The van der Waals surface area contributed by atoms with Gasteiger partial charge in [0.25, 0.3) is 0 Å². The molecule has 0 amide bonds. The summed E-state index contributed by atoms with van der Waals surface area (Å²) in [5.41, 5.74) is 3.45. The SMILES string of the molecule is CCOc1ccc(/C=C2/CC(C)C/C(=C\c3ccc(OCC)c(OC)c3)C2=O)cc1OC. The first-order valence-corrected chi connectivity index (χ1v) is 11.1. The molecule has 32 heavy (non-hydrogen) atoms. The van der Waals surface area contributed by atoms with E-state index in [0.717, 1.165) is 35.1 Å². The van der Waals surface area contributed by atoms with Crippen molar-refractivity contribution in [2.75, 3.05) is 27.4 Å². The maximum absolute atomic E-state index is 13.3. The van der Waals surface area contributed by atoms with Crippen molar-refractivity contribution in [2.45, 2.75) is 33.6 Å². The predicted octanol–water partition coefficient (Wildman–Crippen LogP) is 5.97. The highest BCUT2D eigenvalue weighted by atomic mass is 16.5. The van der Waals surface area contributed by atoms with Crippen molar-refractivity contribution in [3.05, 3.63) is 58.7 Å². The van der Waals surface area contributed by atoms with E-state index in [-0.39, 0.29) is 5.78 Å². The normalized spacial score (nSPS) is 18.7. The molecule has 0 saturated heterocycles.